The van der Waals surface area contributed by atoms with Gasteiger partial charge in [0.1, 0.15) is 11.9 Å². The van der Waals surface area contributed by atoms with Crippen molar-refractivity contribution in [3.05, 3.63) is 45.7 Å². The average molecular weight is 502 g/mol. The second kappa shape index (κ2) is 10.7. The Bertz CT molecular complexity index is 1160. The molecule has 0 aliphatic carbocycles. The number of anilines is 2. The number of benzene rings is 1. The lowest BCUT2D eigenvalue weighted by Crippen LogP contribution is -2.43. The van der Waals surface area contributed by atoms with Crippen LogP contribution in [-0.2, 0) is 16.0 Å². The van der Waals surface area contributed by atoms with Gasteiger partial charge in [0.2, 0.25) is 5.95 Å². The fourth-order valence-electron chi connectivity index (χ4n) is 4.21. The van der Waals surface area contributed by atoms with E-state index in [0.717, 1.165) is 24.2 Å². The first kappa shape index (κ1) is 25.9. The summed E-state index contributed by atoms with van der Waals surface area (Å²) >= 11 is 0. The summed E-state index contributed by atoms with van der Waals surface area (Å²) in [6.07, 6.45) is 1.03. The van der Waals surface area contributed by atoms with Crippen molar-refractivity contribution in [1.29, 1.82) is 0 Å². The monoisotopic (exact) mass is 501 g/mol. The van der Waals surface area contributed by atoms with Gasteiger partial charge in [-0.05, 0) is 30.9 Å². The van der Waals surface area contributed by atoms with Gasteiger partial charge in [-0.1, -0.05) is 42.9 Å². The largest absolute Gasteiger partial charge is 0.481 e. The summed E-state index contributed by atoms with van der Waals surface area (Å²) in [6.45, 7) is 5.21. The average Bonchev–Trinajstić information content (AvgIpc) is 2.80. The number of hydrogen-bond acceptors (Lipinski definition) is 7. The fraction of sp³-hybridized carbons (Fsp3) is 0.435. The molecule has 1 aromatic heterocycles. The topological polar surface area (TPSA) is 187 Å². The minimum atomic E-state index is -1.85. The first-order valence-corrected chi connectivity index (χ1v) is 14.7. The van der Waals surface area contributed by atoms with Crippen LogP contribution in [0.1, 0.15) is 35.2 Å². The molecule has 11 nitrogen and oxygen atoms in total. The number of nitrogen functional groups attached to an aromatic ring is 1. The zero-order valence-electron chi connectivity index (χ0n) is 19.8. The van der Waals surface area contributed by atoms with E-state index in [-0.39, 0.29) is 24.3 Å². The number of rotatable bonds is 10. The molecule has 7 N–H and O–H groups in total. The number of amides is 1. The molecule has 0 fully saturated rings. The molecule has 2 atom stereocenters. The Morgan fingerprint density at radius 3 is 2.54 bits per heavy atom. The number of aromatic amines is 1. The molecule has 1 aliphatic rings. The van der Waals surface area contributed by atoms with Crippen LogP contribution < -0.4 is 27.1 Å². The first-order chi connectivity index (χ1) is 16.5. The second-order valence-corrected chi connectivity index (χ2v) is 14.4. The molecule has 0 bridgehead atoms. The zero-order chi connectivity index (χ0) is 25.8. The van der Waals surface area contributed by atoms with Gasteiger partial charge >= 0.3 is 11.9 Å². The lowest BCUT2D eigenvalue weighted by Gasteiger charge is -2.29. The SMILES string of the molecule is C[Si](C)(CCC1CNc2nc(N)[nH]c(=O)c2C1)c1ccc(C(=O)N[C@@H](CCC(=O)O)C(=O)O)cc1. The molecule has 3 rings (SSSR count). The van der Waals surface area contributed by atoms with Gasteiger partial charge in [-0.15, -0.1) is 0 Å². The third-order valence-corrected chi connectivity index (χ3v) is 9.88. The molecule has 188 valence electrons. The number of nitrogens with zero attached hydrogens (tertiary/aromatic N) is 1. The van der Waals surface area contributed by atoms with Gasteiger partial charge in [0.25, 0.3) is 11.5 Å². The molecule has 0 spiro atoms. The van der Waals surface area contributed by atoms with Crippen molar-refractivity contribution in [3.8, 4) is 0 Å². The smallest absolute Gasteiger partial charge is 0.326 e. The maximum absolute atomic E-state index is 12.5. The minimum Gasteiger partial charge on any atom is -0.481 e. The van der Waals surface area contributed by atoms with Gasteiger partial charge in [-0.3, -0.25) is 19.4 Å². The summed E-state index contributed by atoms with van der Waals surface area (Å²) < 4.78 is 0. The quantitative estimate of drug-likeness (QED) is 0.258. The van der Waals surface area contributed by atoms with Crippen molar-refractivity contribution in [2.75, 3.05) is 17.6 Å². The first-order valence-electron chi connectivity index (χ1n) is 11.4. The molecule has 0 saturated heterocycles. The third kappa shape index (κ3) is 6.69. The molecule has 0 saturated carbocycles. The van der Waals surface area contributed by atoms with Crippen molar-refractivity contribution >= 4 is 42.9 Å². The summed E-state index contributed by atoms with van der Waals surface area (Å²) in [5, 5.41) is 24.8. The van der Waals surface area contributed by atoms with Crippen LogP contribution in [-0.4, -0.2) is 58.7 Å². The van der Waals surface area contributed by atoms with Gasteiger partial charge in [0, 0.05) is 18.5 Å². The van der Waals surface area contributed by atoms with Crippen LogP contribution in [0.2, 0.25) is 19.1 Å². The van der Waals surface area contributed by atoms with E-state index in [9.17, 15) is 24.3 Å². The number of nitrogens with two attached hydrogens (primary N) is 1. The highest BCUT2D eigenvalue weighted by molar-refractivity contribution is 6.89. The van der Waals surface area contributed by atoms with E-state index < -0.39 is 32.0 Å². The molecular weight excluding hydrogens is 470 g/mol. The van der Waals surface area contributed by atoms with E-state index in [4.69, 9.17) is 10.8 Å². The number of aromatic nitrogens is 2. The Hall–Kier alpha value is -3.67. The minimum absolute atomic E-state index is 0.101. The van der Waals surface area contributed by atoms with E-state index in [0.29, 0.717) is 29.3 Å². The van der Waals surface area contributed by atoms with Crippen molar-refractivity contribution < 1.29 is 24.6 Å². The van der Waals surface area contributed by atoms with Crippen LogP contribution in [0.5, 0.6) is 0 Å². The van der Waals surface area contributed by atoms with Crippen LogP contribution in [0.3, 0.4) is 0 Å². The second-order valence-electron chi connectivity index (χ2n) is 9.53. The van der Waals surface area contributed by atoms with E-state index in [1.807, 2.05) is 12.1 Å². The van der Waals surface area contributed by atoms with Gasteiger partial charge in [0.05, 0.1) is 13.6 Å². The number of fused-ring (bicyclic) bond motifs is 1. The van der Waals surface area contributed by atoms with Crippen molar-refractivity contribution in [2.24, 2.45) is 5.92 Å². The number of carboxylic acid groups (broad SMARTS) is 2. The Morgan fingerprint density at radius 1 is 1.23 bits per heavy atom. The summed E-state index contributed by atoms with van der Waals surface area (Å²) in [7, 11) is -1.85. The number of carboxylic acids is 2. The van der Waals surface area contributed by atoms with Gasteiger partial charge in [0.15, 0.2) is 0 Å². The summed E-state index contributed by atoms with van der Waals surface area (Å²) in [4.78, 5) is 53.5. The lowest BCUT2D eigenvalue weighted by atomic mass is 9.94. The van der Waals surface area contributed by atoms with Crippen LogP contribution in [0.15, 0.2) is 29.1 Å². The maximum atomic E-state index is 12.5. The Morgan fingerprint density at radius 2 is 1.91 bits per heavy atom. The number of carbonyl (C=O) groups excluding carboxylic acids is 1. The molecule has 1 amide bonds. The lowest BCUT2D eigenvalue weighted by molar-refractivity contribution is -0.140. The van der Waals surface area contributed by atoms with Gasteiger partial charge in [-0.25, -0.2) is 4.79 Å². The standard InChI is InChI=1S/C23H31N5O6Si/c1-35(2,10-9-13-11-16-19(25-12-13)27-23(24)28-21(16)32)15-5-3-14(4-6-15)20(31)26-17(22(33)34)7-8-18(29)30/h3-6,13,17H,7-12H2,1-2H3,(H,26,31)(H,29,30)(H,33,34)(H4,24,25,27,28,32)/t13?,17-/m0/s1. The van der Waals surface area contributed by atoms with Gasteiger partial charge in [-0.2, -0.15) is 4.98 Å². The molecule has 1 aliphatic heterocycles. The van der Waals surface area contributed by atoms with Crippen LogP contribution in [0.4, 0.5) is 11.8 Å². The Balaban J connectivity index is 1.59. The third-order valence-electron chi connectivity index (χ3n) is 6.44. The molecule has 2 heterocycles. The predicted molar refractivity (Wildman–Crippen MR) is 134 cm³/mol. The summed E-state index contributed by atoms with van der Waals surface area (Å²) in [5.74, 6) is -2.00. The van der Waals surface area contributed by atoms with Crippen molar-refractivity contribution in [2.45, 2.75) is 50.9 Å². The fourth-order valence-corrected chi connectivity index (χ4v) is 6.69. The van der Waals surface area contributed by atoms with Crippen molar-refractivity contribution in [3.63, 3.8) is 0 Å². The van der Waals surface area contributed by atoms with E-state index in [1.165, 1.54) is 0 Å². The van der Waals surface area contributed by atoms with Crippen molar-refractivity contribution in [1.82, 2.24) is 15.3 Å². The van der Waals surface area contributed by atoms with Crippen LogP contribution in [0.25, 0.3) is 0 Å². The van der Waals surface area contributed by atoms with Gasteiger partial charge < -0.3 is 26.6 Å². The highest BCUT2D eigenvalue weighted by Crippen LogP contribution is 2.26. The molecule has 35 heavy (non-hydrogen) atoms. The summed E-state index contributed by atoms with van der Waals surface area (Å²) in [5.41, 5.74) is 6.36. The number of hydrogen-bond donors (Lipinski definition) is 6. The number of nitrogens with one attached hydrogen (secondary N) is 3. The molecule has 1 unspecified atom stereocenters. The number of carbonyl (C=O) groups is 3. The van der Waals surface area contributed by atoms with E-state index in [1.54, 1.807) is 12.1 Å². The molecule has 0 radical (unpaired) electrons. The van der Waals surface area contributed by atoms with Crippen LogP contribution in [0, 0.1) is 5.92 Å². The number of aliphatic carboxylic acids is 2. The Labute approximate surface area is 203 Å². The molecule has 12 heteroatoms. The van der Waals surface area contributed by atoms with E-state index >= 15 is 0 Å². The highest BCUT2D eigenvalue weighted by Gasteiger charge is 2.28. The molecule has 1 aromatic carbocycles. The molecular formula is C23H31N5O6Si. The molecule has 2 aromatic rings. The maximum Gasteiger partial charge on any atom is 0.326 e. The zero-order valence-corrected chi connectivity index (χ0v) is 20.8. The highest BCUT2D eigenvalue weighted by atomic mass is 28.3. The summed E-state index contributed by atoms with van der Waals surface area (Å²) in [6, 6.07) is 6.86. The van der Waals surface area contributed by atoms with E-state index in [2.05, 4.69) is 33.7 Å². The number of H-pyrrole nitrogens is 1. The van der Waals surface area contributed by atoms with Crippen LogP contribution >= 0.6 is 0 Å². The Kier molecular flexibility index (Phi) is 7.95. The normalized spacial score (nSPS) is 16.0. The predicted octanol–water partition coefficient (Wildman–Crippen LogP) is 0.990.